The van der Waals surface area contributed by atoms with E-state index >= 15 is 0 Å². The largest absolute Gasteiger partial charge is 0.399 e. The zero-order valence-corrected chi connectivity index (χ0v) is 17.8. The van der Waals surface area contributed by atoms with E-state index in [1.54, 1.807) is 11.0 Å². The minimum atomic E-state index is -0.104. The molecule has 2 saturated heterocycles. The number of benzene rings is 2. The summed E-state index contributed by atoms with van der Waals surface area (Å²) < 4.78 is 5.37. The van der Waals surface area contributed by atoms with Crippen LogP contribution in [0.1, 0.15) is 15.9 Å². The fraction of sp³-hybridized carbons (Fsp3) is 0.391. The van der Waals surface area contributed by atoms with Gasteiger partial charge >= 0.3 is 6.03 Å². The summed E-state index contributed by atoms with van der Waals surface area (Å²) in [5, 5.41) is 2.97. The van der Waals surface area contributed by atoms with Crippen molar-refractivity contribution in [2.75, 3.05) is 68.4 Å². The molecule has 2 fully saturated rings. The number of piperazine rings is 1. The van der Waals surface area contributed by atoms with Gasteiger partial charge in [0.15, 0.2) is 0 Å². The maximum Gasteiger partial charge on any atom is 0.321 e. The molecule has 2 aromatic rings. The van der Waals surface area contributed by atoms with E-state index in [1.165, 1.54) is 0 Å². The first-order chi connectivity index (χ1) is 15.0. The van der Waals surface area contributed by atoms with Gasteiger partial charge < -0.3 is 30.5 Å². The number of hydrogen-bond acceptors (Lipinski definition) is 5. The summed E-state index contributed by atoms with van der Waals surface area (Å²) in [6.07, 6.45) is 0. The molecule has 0 saturated carbocycles. The van der Waals surface area contributed by atoms with E-state index in [2.05, 4.69) is 10.2 Å². The molecule has 2 aliphatic rings. The van der Waals surface area contributed by atoms with Crippen LogP contribution in [0.2, 0.25) is 0 Å². The molecule has 3 N–H and O–H groups in total. The molecule has 164 valence electrons. The Bertz CT molecular complexity index is 950. The van der Waals surface area contributed by atoms with Crippen molar-refractivity contribution in [1.82, 2.24) is 9.80 Å². The van der Waals surface area contributed by atoms with Crippen LogP contribution in [0.25, 0.3) is 0 Å². The van der Waals surface area contributed by atoms with Crippen molar-refractivity contribution in [2.45, 2.75) is 6.92 Å². The number of urea groups is 1. The highest BCUT2D eigenvalue weighted by Crippen LogP contribution is 2.26. The van der Waals surface area contributed by atoms with Gasteiger partial charge in [0.05, 0.1) is 18.8 Å². The third-order valence-electron chi connectivity index (χ3n) is 5.73. The van der Waals surface area contributed by atoms with Gasteiger partial charge in [-0.05, 0) is 42.8 Å². The van der Waals surface area contributed by atoms with Crippen molar-refractivity contribution in [3.8, 4) is 0 Å². The lowest BCUT2D eigenvalue weighted by Crippen LogP contribution is -2.50. The SMILES string of the molecule is Cc1cccc(NC(=O)N2CCN(c3ccc(N)cc3C(=O)N3CCOCC3)CC2)c1. The maximum atomic E-state index is 13.1. The van der Waals surface area contributed by atoms with Gasteiger partial charge in [0.1, 0.15) is 0 Å². The molecular formula is C23H29N5O3. The molecule has 8 nitrogen and oxygen atoms in total. The van der Waals surface area contributed by atoms with Gasteiger partial charge in [-0.3, -0.25) is 4.79 Å². The Kier molecular flexibility index (Phi) is 6.27. The molecule has 0 radical (unpaired) electrons. The summed E-state index contributed by atoms with van der Waals surface area (Å²) in [5.41, 5.74) is 9.93. The summed E-state index contributed by atoms with van der Waals surface area (Å²) in [6.45, 7) is 6.72. The van der Waals surface area contributed by atoms with E-state index in [4.69, 9.17) is 10.5 Å². The van der Waals surface area contributed by atoms with Crippen LogP contribution in [-0.4, -0.2) is 74.2 Å². The quantitative estimate of drug-likeness (QED) is 0.740. The molecule has 2 aromatic carbocycles. The van der Waals surface area contributed by atoms with Gasteiger partial charge in [0, 0.05) is 56.3 Å². The minimum absolute atomic E-state index is 0.0229. The van der Waals surface area contributed by atoms with Crippen LogP contribution in [0.5, 0.6) is 0 Å². The number of nitrogens with two attached hydrogens (primary N) is 1. The van der Waals surface area contributed by atoms with Crippen molar-refractivity contribution in [3.05, 3.63) is 53.6 Å². The fourth-order valence-electron chi connectivity index (χ4n) is 4.01. The van der Waals surface area contributed by atoms with E-state index in [0.29, 0.717) is 63.7 Å². The van der Waals surface area contributed by atoms with Crippen LogP contribution >= 0.6 is 0 Å². The lowest BCUT2D eigenvalue weighted by Gasteiger charge is -2.37. The van der Waals surface area contributed by atoms with Gasteiger partial charge in [-0.15, -0.1) is 0 Å². The van der Waals surface area contributed by atoms with Crippen molar-refractivity contribution in [3.63, 3.8) is 0 Å². The van der Waals surface area contributed by atoms with E-state index in [9.17, 15) is 9.59 Å². The Hall–Kier alpha value is -3.26. The lowest BCUT2D eigenvalue weighted by molar-refractivity contribution is 0.0303. The first kappa shape index (κ1) is 21.0. The van der Waals surface area contributed by atoms with Gasteiger partial charge in [0.25, 0.3) is 5.91 Å². The van der Waals surface area contributed by atoms with Gasteiger partial charge in [-0.25, -0.2) is 4.79 Å². The third-order valence-corrected chi connectivity index (χ3v) is 5.73. The standard InChI is InChI=1S/C23H29N5O3/c1-17-3-2-4-19(15-17)25-23(30)28-9-7-26(8-10-28)21-6-5-18(24)16-20(21)22(29)27-11-13-31-14-12-27/h2-6,15-16H,7-14,24H2,1H3,(H,25,30). The molecule has 0 aromatic heterocycles. The molecule has 3 amide bonds. The summed E-state index contributed by atoms with van der Waals surface area (Å²) in [4.78, 5) is 31.6. The van der Waals surface area contributed by atoms with Crippen molar-refractivity contribution in [2.24, 2.45) is 0 Å². The van der Waals surface area contributed by atoms with Crippen LogP contribution in [0.3, 0.4) is 0 Å². The smallest absolute Gasteiger partial charge is 0.321 e. The number of morpholine rings is 1. The van der Waals surface area contributed by atoms with Gasteiger partial charge in [-0.1, -0.05) is 12.1 Å². The summed E-state index contributed by atoms with van der Waals surface area (Å²) in [5.74, 6) is -0.0229. The second kappa shape index (κ2) is 9.26. The van der Waals surface area contributed by atoms with Gasteiger partial charge in [0.2, 0.25) is 0 Å². The highest BCUT2D eigenvalue weighted by molar-refractivity contribution is 6.01. The first-order valence-electron chi connectivity index (χ1n) is 10.7. The Morgan fingerprint density at radius 1 is 0.935 bits per heavy atom. The number of carbonyl (C=O) groups is 2. The third kappa shape index (κ3) is 4.91. The first-order valence-corrected chi connectivity index (χ1v) is 10.7. The number of aryl methyl sites for hydroxylation is 1. The fourth-order valence-corrected chi connectivity index (χ4v) is 4.01. The Morgan fingerprint density at radius 3 is 2.39 bits per heavy atom. The van der Waals surface area contributed by atoms with Crippen LogP contribution in [0.15, 0.2) is 42.5 Å². The molecule has 0 bridgehead atoms. The minimum Gasteiger partial charge on any atom is -0.399 e. The predicted molar refractivity (Wildman–Crippen MR) is 122 cm³/mol. The molecular weight excluding hydrogens is 394 g/mol. The summed E-state index contributed by atoms with van der Waals surface area (Å²) >= 11 is 0. The number of anilines is 3. The topological polar surface area (TPSA) is 91.1 Å². The molecule has 0 unspecified atom stereocenters. The highest BCUT2D eigenvalue weighted by Gasteiger charge is 2.27. The second-order valence-corrected chi connectivity index (χ2v) is 7.95. The van der Waals surface area contributed by atoms with Crippen LogP contribution in [0, 0.1) is 6.92 Å². The Labute approximate surface area is 182 Å². The molecule has 0 aliphatic carbocycles. The monoisotopic (exact) mass is 423 g/mol. The van der Waals surface area contributed by atoms with E-state index < -0.39 is 0 Å². The molecule has 0 spiro atoms. The highest BCUT2D eigenvalue weighted by atomic mass is 16.5. The van der Waals surface area contributed by atoms with Crippen LogP contribution in [0.4, 0.5) is 21.9 Å². The maximum absolute atomic E-state index is 13.1. The van der Waals surface area contributed by atoms with Crippen molar-refractivity contribution in [1.29, 1.82) is 0 Å². The van der Waals surface area contributed by atoms with E-state index in [0.717, 1.165) is 16.9 Å². The normalized spacial score (nSPS) is 16.9. The molecule has 31 heavy (non-hydrogen) atoms. The average Bonchev–Trinajstić information content (AvgIpc) is 2.79. The molecule has 8 heteroatoms. The summed E-state index contributed by atoms with van der Waals surface area (Å²) in [7, 11) is 0. The molecule has 4 rings (SSSR count). The van der Waals surface area contributed by atoms with Gasteiger partial charge in [-0.2, -0.15) is 0 Å². The number of hydrogen-bond donors (Lipinski definition) is 2. The number of rotatable bonds is 3. The number of nitrogens with zero attached hydrogens (tertiary/aromatic N) is 3. The number of amides is 3. The number of carbonyl (C=O) groups excluding carboxylic acids is 2. The van der Waals surface area contributed by atoms with E-state index in [1.807, 2.05) is 48.2 Å². The van der Waals surface area contributed by atoms with Crippen LogP contribution in [-0.2, 0) is 4.74 Å². The second-order valence-electron chi connectivity index (χ2n) is 7.95. The molecule has 0 atom stereocenters. The molecule has 2 aliphatic heterocycles. The zero-order valence-electron chi connectivity index (χ0n) is 17.8. The van der Waals surface area contributed by atoms with E-state index in [-0.39, 0.29) is 11.9 Å². The zero-order chi connectivity index (χ0) is 21.8. The van der Waals surface area contributed by atoms with Crippen molar-refractivity contribution < 1.29 is 14.3 Å². The lowest BCUT2D eigenvalue weighted by atomic mass is 10.1. The van der Waals surface area contributed by atoms with Crippen molar-refractivity contribution >= 4 is 29.0 Å². The number of nitrogens with one attached hydrogen (secondary N) is 1. The Balaban J connectivity index is 1.42. The summed E-state index contributed by atoms with van der Waals surface area (Å²) in [6, 6.07) is 13.1. The van der Waals surface area contributed by atoms with Crippen LogP contribution < -0.4 is 16.0 Å². The Morgan fingerprint density at radius 2 is 1.68 bits per heavy atom. The average molecular weight is 424 g/mol. The molecule has 2 heterocycles. The number of nitrogen functional groups attached to an aromatic ring is 1. The predicted octanol–water partition coefficient (Wildman–Crippen LogP) is 2.40. The number of ether oxygens (including phenoxy) is 1.